The molecule has 1 unspecified atom stereocenters. The minimum Gasteiger partial charge on any atom is -0.300 e. The van der Waals surface area contributed by atoms with Crippen molar-refractivity contribution in [2.75, 3.05) is 19.6 Å². The van der Waals surface area contributed by atoms with E-state index in [0.717, 1.165) is 35.6 Å². The van der Waals surface area contributed by atoms with Crippen LogP contribution in [0.4, 0.5) is 31.1 Å². The highest BCUT2D eigenvalue weighted by Crippen LogP contribution is 2.45. The van der Waals surface area contributed by atoms with Crippen LogP contribution < -0.4 is 5.32 Å². The maximum Gasteiger partial charge on any atom is 0.416 e. The Hall–Kier alpha value is -2.45. The summed E-state index contributed by atoms with van der Waals surface area (Å²) >= 11 is 1.06. The molecule has 182 valence electrons. The number of amidine groups is 1. The highest BCUT2D eigenvalue weighted by atomic mass is 32.2. The lowest BCUT2D eigenvalue weighted by molar-refractivity contribution is -0.143. The van der Waals surface area contributed by atoms with Crippen molar-refractivity contribution in [2.24, 2.45) is 22.7 Å². The van der Waals surface area contributed by atoms with Gasteiger partial charge in [0.05, 0.1) is 16.0 Å². The third-order valence-electron chi connectivity index (χ3n) is 6.37. The summed E-state index contributed by atoms with van der Waals surface area (Å²) in [6.07, 6.45) is -0.826. The molecule has 4 rings (SSSR count). The summed E-state index contributed by atoms with van der Waals surface area (Å²) in [6, 6.07) is 1.84. The van der Waals surface area contributed by atoms with E-state index in [1.807, 2.05) is 11.0 Å². The Morgan fingerprint density at radius 2 is 1.82 bits per heavy atom. The Kier molecular flexibility index (Phi) is 6.75. The minimum atomic E-state index is -4.87. The number of amides is 1. The Morgan fingerprint density at radius 1 is 1.15 bits per heavy atom. The van der Waals surface area contributed by atoms with Gasteiger partial charge in [-0.1, -0.05) is 18.1 Å². The molecular weight excluding hydrogens is 480 g/mol. The summed E-state index contributed by atoms with van der Waals surface area (Å²) in [4.78, 5) is 18.5. The van der Waals surface area contributed by atoms with Crippen LogP contribution in [0.15, 0.2) is 34.2 Å². The second-order valence-electron chi connectivity index (χ2n) is 8.73. The molecule has 3 fully saturated rings. The van der Waals surface area contributed by atoms with Gasteiger partial charge in [-0.15, -0.1) is 6.42 Å². The van der Waals surface area contributed by atoms with Gasteiger partial charge in [-0.25, -0.2) is 0 Å². The summed E-state index contributed by atoms with van der Waals surface area (Å²) in [5.41, 5.74) is -2.70. The van der Waals surface area contributed by atoms with Gasteiger partial charge in [0.2, 0.25) is 0 Å². The van der Waals surface area contributed by atoms with Gasteiger partial charge in [0.25, 0.3) is 5.24 Å². The van der Waals surface area contributed by atoms with Crippen LogP contribution in [0.5, 0.6) is 0 Å². The van der Waals surface area contributed by atoms with Gasteiger partial charge in [-0.05, 0) is 60.1 Å². The number of carbonyl (C=O) groups excluding carboxylic acids is 1. The quantitative estimate of drug-likeness (QED) is 0.435. The van der Waals surface area contributed by atoms with Gasteiger partial charge in [-0.2, -0.15) is 26.3 Å². The average molecular weight is 501 g/mol. The van der Waals surface area contributed by atoms with E-state index < -0.39 is 23.5 Å². The number of carbonyl (C=O) groups is 1. The van der Waals surface area contributed by atoms with Crippen LogP contribution in [0.2, 0.25) is 0 Å². The molecule has 1 amide bonds. The zero-order valence-electron chi connectivity index (χ0n) is 17.8. The van der Waals surface area contributed by atoms with E-state index >= 15 is 0 Å². The lowest BCUT2D eigenvalue weighted by atomic mass is 10.0. The van der Waals surface area contributed by atoms with Crippen molar-refractivity contribution in [3.63, 3.8) is 0 Å². The molecule has 2 saturated heterocycles. The van der Waals surface area contributed by atoms with Crippen molar-refractivity contribution in [3.05, 3.63) is 45.9 Å². The number of likely N-dealkylation sites (tertiary alicyclic amines) is 1. The summed E-state index contributed by atoms with van der Waals surface area (Å²) in [6.45, 7) is 1.25. The highest BCUT2D eigenvalue weighted by Gasteiger charge is 2.42. The third-order valence-corrected chi connectivity index (χ3v) is 7.21. The molecular formula is C23H21F6N3OS. The van der Waals surface area contributed by atoms with Gasteiger partial charge in [0.15, 0.2) is 0 Å². The first kappa shape index (κ1) is 24.7. The fraction of sp³-hybridized carbons (Fsp3) is 0.478. The van der Waals surface area contributed by atoms with E-state index in [1.165, 1.54) is 0 Å². The molecule has 34 heavy (non-hydrogen) atoms. The van der Waals surface area contributed by atoms with Crippen molar-refractivity contribution >= 4 is 22.8 Å². The number of hydrogen-bond acceptors (Lipinski definition) is 4. The Bertz CT molecular complexity index is 1060. The van der Waals surface area contributed by atoms with Gasteiger partial charge in [-0.3, -0.25) is 14.7 Å². The first-order chi connectivity index (χ1) is 15.9. The number of hydrogen-bond donors (Lipinski definition) is 1. The molecule has 1 saturated carbocycles. The Labute approximate surface area is 196 Å². The fourth-order valence-corrected chi connectivity index (χ4v) is 5.83. The molecule has 0 spiro atoms. The molecule has 1 N–H and O–H groups in total. The van der Waals surface area contributed by atoms with E-state index in [2.05, 4.69) is 16.2 Å². The van der Waals surface area contributed by atoms with Crippen molar-refractivity contribution < 1.29 is 31.1 Å². The molecule has 2 aliphatic heterocycles. The molecule has 3 atom stereocenters. The number of thioether (sulfide) groups is 1. The van der Waals surface area contributed by atoms with Crippen LogP contribution in [0.3, 0.4) is 0 Å². The van der Waals surface area contributed by atoms with Crippen LogP contribution in [0.25, 0.3) is 0 Å². The number of rotatable bonds is 4. The lowest BCUT2D eigenvalue weighted by Gasteiger charge is -2.22. The Balaban J connectivity index is 1.42. The van der Waals surface area contributed by atoms with Crippen LogP contribution in [0.1, 0.15) is 29.5 Å². The number of halogens is 6. The van der Waals surface area contributed by atoms with Crippen molar-refractivity contribution in [2.45, 2.75) is 31.7 Å². The van der Waals surface area contributed by atoms with Crippen molar-refractivity contribution in [3.8, 4) is 12.3 Å². The molecule has 1 aromatic carbocycles. The lowest BCUT2D eigenvalue weighted by Crippen LogP contribution is -2.24. The van der Waals surface area contributed by atoms with E-state index in [1.54, 1.807) is 0 Å². The summed E-state index contributed by atoms with van der Waals surface area (Å²) in [7, 11) is 0. The predicted molar refractivity (Wildman–Crippen MR) is 117 cm³/mol. The van der Waals surface area contributed by atoms with Crippen LogP contribution >= 0.6 is 11.8 Å². The first-order valence-electron chi connectivity index (χ1n) is 10.6. The number of alkyl halides is 6. The second kappa shape index (κ2) is 9.30. The second-order valence-corrected chi connectivity index (χ2v) is 9.74. The number of nitrogens with zero attached hydrogens (tertiary/aromatic N) is 2. The Morgan fingerprint density at radius 3 is 2.41 bits per heavy atom. The highest BCUT2D eigenvalue weighted by molar-refractivity contribution is 8.18. The molecule has 4 nitrogen and oxygen atoms in total. The summed E-state index contributed by atoms with van der Waals surface area (Å²) in [5, 5.41) is 2.45. The predicted octanol–water partition coefficient (Wildman–Crippen LogP) is 5.55. The third kappa shape index (κ3) is 5.44. The fourth-order valence-electron chi connectivity index (χ4n) is 5.01. The topological polar surface area (TPSA) is 44.7 Å². The molecule has 1 aromatic rings. The van der Waals surface area contributed by atoms with E-state index in [4.69, 9.17) is 6.42 Å². The minimum absolute atomic E-state index is 0.0527. The smallest absolute Gasteiger partial charge is 0.300 e. The standard InChI is InChI=1S/C23H21F6N3OS/c1-2-5-30-20-19(34-21(33)31-20)8-13-6-15-11-32(12-16(15)7-13)10-14-3-4-17(22(24,25)26)9-18(14)23(27,28)29/h1,3-4,8-9,13,15-16H,5-7,10-12H2,(H,30,31,33)/b19-8-/t13?,15-,16+. The normalized spacial score (nSPS) is 27.9. The summed E-state index contributed by atoms with van der Waals surface area (Å²) in [5.74, 6) is 3.61. The van der Waals surface area contributed by atoms with Gasteiger partial charge >= 0.3 is 12.4 Å². The summed E-state index contributed by atoms with van der Waals surface area (Å²) < 4.78 is 79.1. The molecule has 0 radical (unpaired) electrons. The molecule has 3 aliphatic rings. The van der Waals surface area contributed by atoms with Crippen molar-refractivity contribution in [1.29, 1.82) is 0 Å². The van der Waals surface area contributed by atoms with E-state index in [-0.39, 0.29) is 47.7 Å². The molecule has 11 heteroatoms. The zero-order chi connectivity index (χ0) is 24.7. The largest absolute Gasteiger partial charge is 0.416 e. The molecule has 2 heterocycles. The van der Waals surface area contributed by atoms with E-state index in [9.17, 15) is 31.1 Å². The number of aliphatic imine (C=N–C) groups is 1. The number of benzene rings is 1. The SMILES string of the molecule is C#CCN=C1NC(=O)S/C1=C\C1C[C@@H]2CN(Cc3ccc(C(F)(F)F)cc3C(F)(F)F)C[C@@H]2C1. The molecule has 0 aromatic heterocycles. The number of terminal acetylenes is 1. The van der Waals surface area contributed by atoms with Gasteiger partial charge in [0, 0.05) is 19.6 Å². The maximum absolute atomic E-state index is 13.5. The van der Waals surface area contributed by atoms with Crippen molar-refractivity contribution in [1.82, 2.24) is 10.2 Å². The number of fused-ring (bicyclic) bond motifs is 1. The van der Waals surface area contributed by atoms with Gasteiger partial charge < -0.3 is 5.32 Å². The monoisotopic (exact) mass is 501 g/mol. The van der Waals surface area contributed by atoms with E-state index in [0.29, 0.717) is 25.0 Å². The van der Waals surface area contributed by atoms with Crippen LogP contribution in [-0.4, -0.2) is 35.6 Å². The molecule has 0 bridgehead atoms. The first-order valence-corrected chi connectivity index (χ1v) is 11.4. The average Bonchev–Trinajstić information content (AvgIpc) is 3.38. The number of nitrogens with one attached hydrogen (secondary N) is 1. The van der Waals surface area contributed by atoms with Gasteiger partial charge in [0.1, 0.15) is 12.4 Å². The number of allylic oxidation sites excluding steroid dienone is 1. The maximum atomic E-state index is 13.5. The van der Waals surface area contributed by atoms with Crippen LogP contribution in [0, 0.1) is 30.1 Å². The molecule has 1 aliphatic carbocycles. The zero-order valence-corrected chi connectivity index (χ0v) is 18.7. The van der Waals surface area contributed by atoms with Crippen LogP contribution in [-0.2, 0) is 18.9 Å².